The molecule has 2 aliphatic rings. The summed E-state index contributed by atoms with van der Waals surface area (Å²) in [5.74, 6) is 0. The summed E-state index contributed by atoms with van der Waals surface area (Å²) < 4.78 is 5.05. The molecule has 4 unspecified atom stereocenters. The van der Waals surface area contributed by atoms with Crippen LogP contribution in [0.25, 0.3) is 0 Å². The highest BCUT2D eigenvalue weighted by molar-refractivity contribution is 4.97. The maximum absolute atomic E-state index is 9.10. The summed E-state index contributed by atoms with van der Waals surface area (Å²) in [5.41, 5.74) is 0. The fourth-order valence-corrected chi connectivity index (χ4v) is 1.46. The van der Waals surface area contributed by atoms with Crippen molar-refractivity contribution in [3.8, 4) is 0 Å². The van der Waals surface area contributed by atoms with E-state index >= 15 is 0 Å². The van der Waals surface area contributed by atoms with Crippen LogP contribution in [0.5, 0.6) is 0 Å². The fraction of sp³-hybridized carbons (Fsp3) is 1.00. The average molecular weight is 130 g/mol. The second kappa shape index (κ2) is 1.68. The SMILES string of the molecule is OC1CC(O)C2OC2C1. The number of fused-ring (bicyclic) bond motifs is 1. The van der Waals surface area contributed by atoms with Crippen LogP contribution in [0.2, 0.25) is 0 Å². The van der Waals surface area contributed by atoms with Crippen molar-refractivity contribution in [2.75, 3.05) is 0 Å². The third kappa shape index (κ3) is 0.852. The maximum Gasteiger partial charge on any atom is 0.110 e. The number of hydrogen-bond acceptors (Lipinski definition) is 3. The van der Waals surface area contributed by atoms with Gasteiger partial charge in [-0.2, -0.15) is 0 Å². The molecular weight excluding hydrogens is 120 g/mol. The van der Waals surface area contributed by atoms with E-state index in [1.165, 1.54) is 0 Å². The molecule has 2 N–H and O–H groups in total. The normalized spacial score (nSPS) is 56.7. The molecule has 0 aromatic carbocycles. The Kier molecular flexibility index (Phi) is 1.06. The molecule has 2 rings (SSSR count). The number of hydrogen-bond donors (Lipinski definition) is 2. The van der Waals surface area contributed by atoms with Crippen LogP contribution in [0.3, 0.4) is 0 Å². The summed E-state index contributed by atoms with van der Waals surface area (Å²) in [6.07, 6.45) is 0.641. The largest absolute Gasteiger partial charge is 0.393 e. The van der Waals surface area contributed by atoms with E-state index in [9.17, 15) is 0 Å². The van der Waals surface area contributed by atoms with Gasteiger partial charge in [0.25, 0.3) is 0 Å². The molecule has 4 atom stereocenters. The first-order chi connectivity index (χ1) is 4.27. The Morgan fingerprint density at radius 1 is 1.22 bits per heavy atom. The lowest BCUT2D eigenvalue weighted by Gasteiger charge is -2.16. The molecule has 1 saturated heterocycles. The van der Waals surface area contributed by atoms with E-state index in [4.69, 9.17) is 14.9 Å². The minimum absolute atomic E-state index is 0.0494. The second-order valence-corrected chi connectivity index (χ2v) is 2.83. The Morgan fingerprint density at radius 2 is 2.00 bits per heavy atom. The van der Waals surface area contributed by atoms with Gasteiger partial charge in [0.05, 0.1) is 18.3 Å². The van der Waals surface area contributed by atoms with Crippen molar-refractivity contribution in [2.24, 2.45) is 0 Å². The molecular formula is C6H10O3. The lowest BCUT2D eigenvalue weighted by molar-refractivity contribution is 0.0534. The molecule has 0 amide bonds. The van der Waals surface area contributed by atoms with Crippen LogP contribution >= 0.6 is 0 Å². The van der Waals surface area contributed by atoms with Gasteiger partial charge in [0, 0.05) is 12.8 Å². The second-order valence-electron chi connectivity index (χ2n) is 2.83. The molecule has 1 aliphatic carbocycles. The minimum atomic E-state index is -0.418. The van der Waals surface area contributed by atoms with Crippen molar-refractivity contribution < 1.29 is 14.9 Å². The van der Waals surface area contributed by atoms with E-state index in [0.29, 0.717) is 12.8 Å². The van der Waals surface area contributed by atoms with Gasteiger partial charge >= 0.3 is 0 Å². The molecule has 0 aromatic heterocycles. The molecule has 1 heterocycles. The van der Waals surface area contributed by atoms with Crippen LogP contribution in [0.4, 0.5) is 0 Å². The predicted molar refractivity (Wildman–Crippen MR) is 29.9 cm³/mol. The molecule has 1 aliphatic heterocycles. The van der Waals surface area contributed by atoms with Crippen molar-refractivity contribution >= 4 is 0 Å². The highest BCUT2D eigenvalue weighted by Gasteiger charge is 2.49. The highest BCUT2D eigenvalue weighted by atomic mass is 16.6. The van der Waals surface area contributed by atoms with Gasteiger partial charge < -0.3 is 14.9 Å². The van der Waals surface area contributed by atoms with E-state index in [0.717, 1.165) is 0 Å². The zero-order chi connectivity index (χ0) is 6.43. The first-order valence-electron chi connectivity index (χ1n) is 3.29. The van der Waals surface area contributed by atoms with Crippen molar-refractivity contribution in [1.29, 1.82) is 0 Å². The number of epoxide rings is 1. The van der Waals surface area contributed by atoms with E-state index < -0.39 is 6.10 Å². The number of ether oxygens (including phenoxy) is 1. The van der Waals surface area contributed by atoms with Crippen molar-refractivity contribution in [3.63, 3.8) is 0 Å². The Bertz CT molecular complexity index is 125. The third-order valence-electron chi connectivity index (χ3n) is 2.02. The van der Waals surface area contributed by atoms with Crippen LogP contribution in [-0.4, -0.2) is 34.6 Å². The molecule has 3 heteroatoms. The van der Waals surface area contributed by atoms with Crippen LogP contribution in [0, 0.1) is 0 Å². The molecule has 0 bridgehead atoms. The molecule has 9 heavy (non-hydrogen) atoms. The molecule has 0 aromatic rings. The zero-order valence-corrected chi connectivity index (χ0v) is 5.03. The van der Waals surface area contributed by atoms with E-state index in [-0.39, 0.29) is 18.3 Å². The van der Waals surface area contributed by atoms with Crippen LogP contribution in [0.15, 0.2) is 0 Å². The number of aliphatic hydroxyl groups is 2. The summed E-state index contributed by atoms with van der Waals surface area (Å²) in [6, 6.07) is 0. The molecule has 0 radical (unpaired) electrons. The van der Waals surface area contributed by atoms with Gasteiger partial charge in [0.15, 0.2) is 0 Å². The molecule has 0 spiro atoms. The Hall–Kier alpha value is -0.120. The van der Waals surface area contributed by atoms with Crippen LogP contribution in [0.1, 0.15) is 12.8 Å². The van der Waals surface area contributed by atoms with Gasteiger partial charge in [0.1, 0.15) is 6.10 Å². The zero-order valence-electron chi connectivity index (χ0n) is 5.03. The van der Waals surface area contributed by atoms with Crippen molar-refractivity contribution in [2.45, 2.75) is 37.3 Å². The van der Waals surface area contributed by atoms with Gasteiger partial charge in [-0.05, 0) is 0 Å². The quantitative estimate of drug-likeness (QED) is 0.425. The van der Waals surface area contributed by atoms with Gasteiger partial charge in [-0.1, -0.05) is 0 Å². The van der Waals surface area contributed by atoms with Crippen LogP contribution < -0.4 is 0 Å². The topological polar surface area (TPSA) is 53.0 Å². The van der Waals surface area contributed by atoms with Crippen molar-refractivity contribution in [1.82, 2.24) is 0 Å². The van der Waals surface area contributed by atoms with Gasteiger partial charge in [-0.3, -0.25) is 0 Å². The number of aliphatic hydroxyl groups excluding tert-OH is 2. The smallest absolute Gasteiger partial charge is 0.110 e. The standard InChI is InChI=1S/C6H10O3/c7-3-1-4(8)6-5(2-3)9-6/h3-8H,1-2H2. The molecule has 52 valence electrons. The summed E-state index contributed by atoms with van der Waals surface area (Å²) in [5, 5.41) is 18.1. The number of rotatable bonds is 0. The van der Waals surface area contributed by atoms with Crippen LogP contribution in [-0.2, 0) is 4.74 Å². The Labute approximate surface area is 53.3 Å². The van der Waals surface area contributed by atoms with Gasteiger partial charge in [-0.25, -0.2) is 0 Å². The molecule has 1 saturated carbocycles. The monoisotopic (exact) mass is 130 g/mol. The summed E-state index contributed by atoms with van der Waals surface area (Å²) in [6.45, 7) is 0. The lowest BCUT2D eigenvalue weighted by Crippen LogP contribution is -2.30. The lowest BCUT2D eigenvalue weighted by atomic mass is 9.95. The van der Waals surface area contributed by atoms with Crippen molar-refractivity contribution in [3.05, 3.63) is 0 Å². The summed E-state index contributed by atoms with van der Waals surface area (Å²) >= 11 is 0. The Balaban J connectivity index is 1.99. The predicted octanol–water partition coefficient (Wildman–Crippen LogP) is -0.731. The maximum atomic E-state index is 9.10. The third-order valence-corrected chi connectivity index (χ3v) is 2.02. The van der Waals surface area contributed by atoms with E-state index in [1.54, 1.807) is 0 Å². The summed E-state index contributed by atoms with van der Waals surface area (Å²) in [7, 11) is 0. The Morgan fingerprint density at radius 3 is 2.67 bits per heavy atom. The first kappa shape index (κ1) is 5.65. The van der Waals surface area contributed by atoms with Gasteiger partial charge in [-0.15, -0.1) is 0 Å². The fourth-order valence-electron chi connectivity index (χ4n) is 1.46. The highest BCUT2D eigenvalue weighted by Crippen LogP contribution is 2.36. The molecule has 2 fully saturated rings. The summed E-state index contributed by atoms with van der Waals surface area (Å²) in [4.78, 5) is 0. The molecule has 3 nitrogen and oxygen atoms in total. The first-order valence-corrected chi connectivity index (χ1v) is 3.29. The van der Waals surface area contributed by atoms with Gasteiger partial charge in [0.2, 0.25) is 0 Å². The van der Waals surface area contributed by atoms with E-state index in [1.807, 2.05) is 0 Å². The van der Waals surface area contributed by atoms with E-state index in [2.05, 4.69) is 0 Å². The minimum Gasteiger partial charge on any atom is -0.393 e. The average Bonchev–Trinajstić information content (AvgIpc) is 2.43.